The normalized spacial score (nSPS) is 14.3. The van der Waals surface area contributed by atoms with Gasteiger partial charge in [0.15, 0.2) is 5.69 Å². The number of anilines is 1. The lowest BCUT2D eigenvalue weighted by Gasteiger charge is -2.13. The SMILES string of the molecule is CCCNc1cnc(C(C)C)nc1C(=O)NCCC1CC1. The van der Waals surface area contributed by atoms with Crippen molar-refractivity contribution in [3.8, 4) is 0 Å². The predicted molar refractivity (Wildman–Crippen MR) is 84.6 cm³/mol. The molecule has 1 fully saturated rings. The Bertz CT molecular complexity index is 483. The number of hydrogen-bond acceptors (Lipinski definition) is 4. The molecule has 1 amide bonds. The molecule has 0 radical (unpaired) electrons. The highest BCUT2D eigenvalue weighted by Gasteiger charge is 2.21. The van der Waals surface area contributed by atoms with E-state index in [-0.39, 0.29) is 11.8 Å². The average Bonchev–Trinajstić information content (AvgIpc) is 3.28. The van der Waals surface area contributed by atoms with Gasteiger partial charge in [0.25, 0.3) is 5.91 Å². The van der Waals surface area contributed by atoms with E-state index in [1.54, 1.807) is 6.20 Å². The topological polar surface area (TPSA) is 66.9 Å². The predicted octanol–water partition coefficient (Wildman–Crippen LogP) is 2.95. The standard InChI is InChI=1S/C16H26N4O/c1-4-8-17-13-10-19-15(11(2)3)20-14(13)16(21)18-9-7-12-5-6-12/h10-12,17H,4-9H2,1-3H3,(H,18,21). The number of nitrogens with zero attached hydrogens (tertiary/aromatic N) is 2. The molecule has 5 nitrogen and oxygen atoms in total. The third-order valence-corrected chi connectivity index (χ3v) is 3.64. The minimum absolute atomic E-state index is 0.0986. The summed E-state index contributed by atoms with van der Waals surface area (Å²) in [4.78, 5) is 21.2. The van der Waals surface area contributed by atoms with Gasteiger partial charge in [-0.1, -0.05) is 33.6 Å². The van der Waals surface area contributed by atoms with Gasteiger partial charge in [-0.05, 0) is 18.8 Å². The summed E-state index contributed by atoms with van der Waals surface area (Å²) in [5.74, 6) is 1.64. The summed E-state index contributed by atoms with van der Waals surface area (Å²) in [6.45, 7) is 7.70. The Hall–Kier alpha value is -1.65. The minimum atomic E-state index is -0.0986. The Morgan fingerprint density at radius 1 is 1.38 bits per heavy atom. The van der Waals surface area contributed by atoms with Gasteiger partial charge >= 0.3 is 0 Å². The number of aromatic nitrogens is 2. The van der Waals surface area contributed by atoms with Crippen molar-refractivity contribution in [2.45, 2.75) is 52.4 Å². The van der Waals surface area contributed by atoms with E-state index in [2.05, 4.69) is 27.5 Å². The maximum absolute atomic E-state index is 12.4. The molecule has 0 atom stereocenters. The molecule has 0 spiro atoms. The van der Waals surface area contributed by atoms with E-state index in [1.807, 2.05) is 13.8 Å². The second-order valence-corrected chi connectivity index (χ2v) is 6.06. The molecule has 0 aromatic carbocycles. The molecule has 1 aliphatic carbocycles. The monoisotopic (exact) mass is 290 g/mol. The van der Waals surface area contributed by atoms with E-state index in [4.69, 9.17) is 0 Å². The lowest BCUT2D eigenvalue weighted by atomic mass is 10.2. The van der Waals surface area contributed by atoms with Gasteiger partial charge < -0.3 is 10.6 Å². The lowest BCUT2D eigenvalue weighted by Crippen LogP contribution is -2.27. The van der Waals surface area contributed by atoms with Crippen LogP contribution in [0.25, 0.3) is 0 Å². The first-order valence-corrected chi connectivity index (χ1v) is 8.00. The largest absolute Gasteiger partial charge is 0.382 e. The fourth-order valence-electron chi connectivity index (χ4n) is 2.12. The molecule has 0 unspecified atom stereocenters. The second kappa shape index (κ2) is 7.38. The average molecular weight is 290 g/mol. The summed E-state index contributed by atoms with van der Waals surface area (Å²) in [5, 5.41) is 6.22. The summed E-state index contributed by atoms with van der Waals surface area (Å²) >= 11 is 0. The number of rotatable bonds is 8. The van der Waals surface area contributed by atoms with Crippen LogP contribution in [0.1, 0.15) is 68.7 Å². The van der Waals surface area contributed by atoms with Crippen molar-refractivity contribution >= 4 is 11.6 Å². The van der Waals surface area contributed by atoms with E-state index >= 15 is 0 Å². The van der Waals surface area contributed by atoms with E-state index in [0.717, 1.165) is 37.5 Å². The first-order chi connectivity index (χ1) is 10.1. The second-order valence-electron chi connectivity index (χ2n) is 6.06. The summed E-state index contributed by atoms with van der Waals surface area (Å²) in [5.41, 5.74) is 1.20. The Balaban J connectivity index is 2.07. The smallest absolute Gasteiger partial charge is 0.272 e. The van der Waals surface area contributed by atoms with E-state index in [9.17, 15) is 4.79 Å². The lowest BCUT2D eigenvalue weighted by molar-refractivity contribution is 0.0948. The van der Waals surface area contributed by atoms with Crippen LogP contribution in [0, 0.1) is 5.92 Å². The zero-order valence-electron chi connectivity index (χ0n) is 13.3. The van der Waals surface area contributed by atoms with Crippen molar-refractivity contribution < 1.29 is 4.79 Å². The fourth-order valence-corrected chi connectivity index (χ4v) is 2.12. The van der Waals surface area contributed by atoms with Crippen molar-refractivity contribution in [1.82, 2.24) is 15.3 Å². The zero-order valence-corrected chi connectivity index (χ0v) is 13.3. The molecule has 1 saturated carbocycles. The molecule has 116 valence electrons. The molecule has 0 bridgehead atoms. The highest BCUT2D eigenvalue weighted by atomic mass is 16.1. The molecule has 0 aliphatic heterocycles. The van der Waals surface area contributed by atoms with E-state index in [1.165, 1.54) is 12.8 Å². The van der Waals surface area contributed by atoms with Gasteiger partial charge in [-0.15, -0.1) is 0 Å². The van der Waals surface area contributed by atoms with Gasteiger partial charge in [-0.2, -0.15) is 0 Å². The van der Waals surface area contributed by atoms with Crippen molar-refractivity contribution in [3.05, 3.63) is 17.7 Å². The number of hydrogen-bond donors (Lipinski definition) is 2. The van der Waals surface area contributed by atoms with Gasteiger partial charge in [-0.25, -0.2) is 9.97 Å². The Kier molecular flexibility index (Phi) is 5.53. The summed E-state index contributed by atoms with van der Waals surface area (Å²) < 4.78 is 0. The van der Waals surface area contributed by atoms with Crippen LogP contribution in [0.4, 0.5) is 5.69 Å². The highest BCUT2D eigenvalue weighted by molar-refractivity contribution is 5.97. The van der Waals surface area contributed by atoms with Crippen LogP contribution in [0.2, 0.25) is 0 Å². The third-order valence-electron chi connectivity index (χ3n) is 3.64. The quantitative estimate of drug-likeness (QED) is 0.772. The van der Waals surface area contributed by atoms with Crippen molar-refractivity contribution in [3.63, 3.8) is 0 Å². The molecule has 21 heavy (non-hydrogen) atoms. The molecule has 1 aromatic heterocycles. The van der Waals surface area contributed by atoms with Crippen LogP contribution in [0.15, 0.2) is 6.20 Å². The molecular weight excluding hydrogens is 264 g/mol. The number of nitrogens with one attached hydrogen (secondary N) is 2. The highest BCUT2D eigenvalue weighted by Crippen LogP contribution is 2.31. The van der Waals surface area contributed by atoms with Crippen LogP contribution in [-0.4, -0.2) is 29.0 Å². The van der Waals surface area contributed by atoms with Crippen LogP contribution < -0.4 is 10.6 Å². The number of carbonyl (C=O) groups excluding carboxylic acids is 1. The van der Waals surface area contributed by atoms with Crippen molar-refractivity contribution in [1.29, 1.82) is 0 Å². The van der Waals surface area contributed by atoms with Gasteiger partial charge in [-0.3, -0.25) is 4.79 Å². The molecule has 1 aliphatic rings. The summed E-state index contributed by atoms with van der Waals surface area (Å²) in [6.07, 6.45) is 6.42. The Morgan fingerprint density at radius 2 is 2.14 bits per heavy atom. The minimum Gasteiger partial charge on any atom is -0.382 e. The zero-order chi connectivity index (χ0) is 15.2. The number of amides is 1. The molecular formula is C16H26N4O. The van der Waals surface area contributed by atoms with Gasteiger partial charge in [0.1, 0.15) is 5.82 Å². The van der Waals surface area contributed by atoms with E-state index < -0.39 is 0 Å². The van der Waals surface area contributed by atoms with Crippen LogP contribution >= 0.6 is 0 Å². The van der Waals surface area contributed by atoms with E-state index in [0.29, 0.717) is 11.5 Å². The fraction of sp³-hybridized carbons (Fsp3) is 0.688. The van der Waals surface area contributed by atoms with Crippen LogP contribution in [-0.2, 0) is 0 Å². The van der Waals surface area contributed by atoms with Crippen LogP contribution in [0.3, 0.4) is 0 Å². The van der Waals surface area contributed by atoms with Crippen LogP contribution in [0.5, 0.6) is 0 Å². The summed E-state index contributed by atoms with van der Waals surface area (Å²) in [6, 6.07) is 0. The first-order valence-electron chi connectivity index (χ1n) is 8.00. The molecule has 1 aromatic rings. The van der Waals surface area contributed by atoms with Gasteiger partial charge in [0, 0.05) is 19.0 Å². The molecule has 0 saturated heterocycles. The first kappa shape index (κ1) is 15.7. The Morgan fingerprint density at radius 3 is 2.76 bits per heavy atom. The van der Waals surface area contributed by atoms with Gasteiger partial charge in [0.05, 0.1) is 11.9 Å². The van der Waals surface area contributed by atoms with Gasteiger partial charge in [0.2, 0.25) is 0 Å². The van der Waals surface area contributed by atoms with Crippen molar-refractivity contribution in [2.24, 2.45) is 5.92 Å². The molecule has 2 N–H and O–H groups in total. The maximum atomic E-state index is 12.4. The van der Waals surface area contributed by atoms with Crippen molar-refractivity contribution in [2.75, 3.05) is 18.4 Å². The molecule has 1 heterocycles. The summed E-state index contributed by atoms with van der Waals surface area (Å²) in [7, 11) is 0. The number of carbonyl (C=O) groups is 1. The molecule has 5 heteroatoms. The Labute approximate surface area is 127 Å². The maximum Gasteiger partial charge on any atom is 0.272 e. The molecule has 2 rings (SSSR count). The third kappa shape index (κ3) is 4.69.